The van der Waals surface area contributed by atoms with Gasteiger partial charge in [-0.1, -0.05) is 48.5 Å². The van der Waals surface area contributed by atoms with Crippen LogP contribution in [0.25, 0.3) is 11.1 Å². The summed E-state index contributed by atoms with van der Waals surface area (Å²) in [6.45, 7) is 1.30. The molecule has 1 aliphatic rings. The lowest BCUT2D eigenvalue weighted by Gasteiger charge is -2.27. The van der Waals surface area contributed by atoms with Gasteiger partial charge >= 0.3 is 18.0 Å². The standard InChI is InChI=1S/C23H24F2N2O5/c1-22(2,11-19(28)29)27-20(30)23(24,25)13-26-21(31)32-12-18-16-9-5-3-7-14(16)15-8-4-6-10-17(15)18/h3-10,18H,11-13H2,1-2H3,(H,26,31)(H,27,30)(H,28,29). The molecule has 0 fully saturated rings. The van der Waals surface area contributed by atoms with Gasteiger partial charge in [-0.2, -0.15) is 8.78 Å². The maximum absolute atomic E-state index is 14.2. The zero-order chi connectivity index (χ0) is 23.5. The third-order valence-corrected chi connectivity index (χ3v) is 5.18. The first kappa shape index (κ1) is 23.2. The van der Waals surface area contributed by atoms with Gasteiger partial charge in [-0.05, 0) is 36.1 Å². The van der Waals surface area contributed by atoms with Gasteiger partial charge in [-0.25, -0.2) is 4.79 Å². The zero-order valence-corrected chi connectivity index (χ0v) is 17.7. The van der Waals surface area contributed by atoms with E-state index in [4.69, 9.17) is 9.84 Å². The quantitative estimate of drug-likeness (QED) is 0.576. The summed E-state index contributed by atoms with van der Waals surface area (Å²) in [6.07, 6.45) is -1.61. The fraction of sp³-hybridized carbons (Fsp3) is 0.348. The summed E-state index contributed by atoms with van der Waals surface area (Å²) in [6, 6.07) is 15.4. The van der Waals surface area contributed by atoms with Crippen LogP contribution in [0.5, 0.6) is 0 Å². The number of amides is 2. The molecule has 3 rings (SSSR count). The van der Waals surface area contributed by atoms with Crippen molar-refractivity contribution in [2.45, 2.75) is 37.6 Å². The van der Waals surface area contributed by atoms with Crippen LogP contribution in [-0.4, -0.2) is 47.7 Å². The van der Waals surface area contributed by atoms with Crippen molar-refractivity contribution in [1.82, 2.24) is 10.6 Å². The number of halogens is 2. The summed E-state index contributed by atoms with van der Waals surface area (Å²) in [4.78, 5) is 34.7. The smallest absolute Gasteiger partial charge is 0.407 e. The molecule has 0 heterocycles. The number of hydrogen-bond donors (Lipinski definition) is 3. The normalized spacial score (nSPS) is 13.1. The van der Waals surface area contributed by atoms with Crippen LogP contribution in [-0.2, 0) is 14.3 Å². The summed E-state index contributed by atoms with van der Waals surface area (Å²) >= 11 is 0. The summed E-state index contributed by atoms with van der Waals surface area (Å²) in [5.74, 6) is -7.09. The minimum Gasteiger partial charge on any atom is -0.481 e. The molecule has 0 aromatic heterocycles. The Balaban J connectivity index is 1.56. The average molecular weight is 446 g/mol. The van der Waals surface area contributed by atoms with Crippen molar-refractivity contribution in [3.63, 3.8) is 0 Å². The number of hydrogen-bond acceptors (Lipinski definition) is 4. The number of carbonyl (C=O) groups excluding carboxylic acids is 2. The van der Waals surface area contributed by atoms with Crippen LogP contribution in [0.1, 0.15) is 37.3 Å². The number of alkyl halides is 2. The number of carbonyl (C=O) groups is 3. The molecule has 0 bridgehead atoms. The Bertz CT molecular complexity index is 993. The highest BCUT2D eigenvalue weighted by molar-refractivity contribution is 5.85. The van der Waals surface area contributed by atoms with Crippen molar-refractivity contribution < 1.29 is 33.0 Å². The Morgan fingerprint density at radius 3 is 2.06 bits per heavy atom. The van der Waals surface area contributed by atoms with Crippen LogP contribution in [0.3, 0.4) is 0 Å². The third kappa shape index (κ3) is 5.22. The van der Waals surface area contributed by atoms with E-state index in [-0.39, 0.29) is 12.5 Å². The minimum atomic E-state index is -3.94. The average Bonchev–Trinajstić information content (AvgIpc) is 3.03. The van der Waals surface area contributed by atoms with Crippen molar-refractivity contribution in [2.24, 2.45) is 0 Å². The van der Waals surface area contributed by atoms with E-state index in [1.54, 1.807) is 0 Å². The van der Waals surface area contributed by atoms with Gasteiger partial charge in [0.25, 0.3) is 5.91 Å². The van der Waals surface area contributed by atoms with E-state index >= 15 is 0 Å². The Hall–Kier alpha value is -3.49. The lowest BCUT2D eigenvalue weighted by Crippen LogP contribution is -2.54. The molecule has 2 aromatic carbocycles. The van der Waals surface area contributed by atoms with Gasteiger partial charge in [-0.3, -0.25) is 9.59 Å². The molecule has 0 aliphatic heterocycles. The van der Waals surface area contributed by atoms with E-state index in [0.29, 0.717) is 0 Å². The number of carboxylic acids is 1. The molecule has 3 N–H and O–H groups in total. The van der Waals surface area contributed by atoms with E-state index in [1.165, 1.54) is 13.8 Å². The predicted octanol–water partition coefficient (Wildman–Crippen LogP) is 3.53. The first-order valence-corrected chi connectivity index (χ1v) is 10.0. The van der Waals surface area contributed by atoms with Crippen molar-refractivity contribution in [3.8, 4) is 11.1 Å². The lowest BCUT2D eigenvalue weighted by molar-refractivity contribution is -0.147. The number of benzene rings is 2. The number of rotatable bonds is 8. The molecule has 32 heavy (non-hydrogen) atoms. The Labute approximate surface area is 183 Å². The Morgan fingerprint density at radius 2 is 1.53 bits per heavy atom. The van der Waals surface area contributed by atoms with Gasteiger partial charge in [0, 0.05) is 11.5 Å². The molecule has 170 valence electrons. The monoisotopic (exact) mass is 446 g/mol. The fourth-order valence-corrected chi connectivity index (χ4v) is 3.73. The van der Waals surface area contributed by atoms with Crippen LogP contribution >= 0.6 is 0 Å². The van der Waals surface area contributed by atoms with Crippen molar-refractivity contribution in [1.29, 1.82) is 0 Å². The summed E-state index contributed by atoms with van der Waals surface area (Å²) < 4.78 is 33.5. The number of nitrogens with one attached hydrogen (secondary N) is 2. The van der Waals surface area contributed by atoms with Gasteiger partial charge in [-0.15, -0.1) is 0 Å². The van der Waals surface area contributed by atoms with Gasteiger partial charge < -0.3 is 20.5 Å². The van der Waals surface area contributed by atoms with E-state index in [2.05, 4.69) is 0 Å². The maximum atomic E-state index is 14.2. The second-order valence-electron chi connectivity index (χ2n) is 8.29. The second kappa shape index (κ2) is 8.94. The second-order valence-corrected chi connectivity index (χ2v) is 8.29. The molecule has 0 saturated heterocycles. The van der Waals surface area contributed by atoms with Crippen molar-refractivity contribution >= 4 is 18.0 Å². The van der Waals surface area contributed by atoms with Gasteiger partial charge in [0.1, 0.15) is 6.61 Å². The first-order valence-electron chi connectivity index (χ1n) is 10.0. The number of ether oxygens (including phenoxy) is 1. The summed E-state index contributed by atoms with van der Waals surface area (Å²) in [5, 5.41) is 12.7. The molecule has 0 radical (unpaired) electrons. The molecular weight excluding hydrogens is 422 g/mol. The topological polar surface area (TPSA) is 105 Å². The molecule has 0 atom stereocenters. The number of fused-ring (bicyclic) bond motifs is 3. The van der Waals surface area contributed by atoms with Crippen LogP contribution in [0.4, 0.5) is 13.6 Å². The van der Waals surface area contributed by atoms with Gasteiger partial charge in [0.15, 0.2) is 0 Å². The SMILES string of the molecule is CC(C)(CC(=O)O)NC(=O)C(F)(F)CNC(=O)OCC1c2ccccc2-c2ccccc21. The number of alkyl carbamates (subject to hydrolysis) is 1. The highest BCUT2D eigenvalue weighted by atomic mass is 19.3. The third-order valence-electron chi connectivity index (χ3n) is 5.18. The molecule has 2 amide bonds. The number of carboxylic acid groups (broad SMARTS) is 1. The van der Waals surface area contributed by atoms with Gasteiger partial charge in [0.05, 0.1) is 13.0 Å². The van der Waals surface area contributed by atoms with E-state index in [1.807, 2.05) is 59.2 Å². The highest BCUT2D eigenvalue weighted by Crippen LogP contribution is 2.44. The van der Waals surface area contributed by atoms with E-state index in [0.717, 1.165) is 22.3 Å². The van der Waals surface area contributed by atoms with E-state index < -0.39 is 42.4 Å². The highest BCUT2D eigenvalue weighted by Gasteiger charge is 2.42. The van der Waals surface area contributed by atoms with Crippen molar-refractivity contribution in [2.75, 3.05) is 13.2 Å². The van der Waals surface area contributed by atoms with Crippen LogP contribution in [0.15, 0.2) is 48.5 Å². The minimum absolute atomic E-state index is 0.0523. The Kier molecular flexibility index (Phi) is 6.47. The number of aliphatic carboxylic acids is 1. The molecule has 0 unspecified atom stereocenters. The van der Waals surface area contributed by atoms with E-state index in [9.17, 15) is 23.2 Å². The Morgan fingerprint density at radius 1 is 1.00 bits per heavy atom. The van der Waals surface area contributed by atoms with Crippen LogP contribution in [0.2, 0.25) is 0 Å². The molecular formula is C23H24F2N2O5. The molecule has 7 nitrogen and oxygen atoms in total. The lowest BCUT2D eigenvalue weighted by atomic mass is 9.98. The molecule has 2 aromatic rings. The molecule has 1 aliphatic carbocycles. The summed E-state index contributed by atoms with van der Waals surface area (Å²) in [5.41, 5.74) is 2.64. The predicted molar refractivity (Wildman–Crippen MR) is 112 cm³/mol. The van der Waals surface area contributed by atoms with Crippen LogP contribution in [0, 0.1) is 0 Å². The van der Waals surface area contributed by atoms with Crippen molar-refractivity contribution in [3.05, 3.63) is 59.7 Å². The maximum Gasteiger partial charge on any atom is 0.407 e. The molecule has 9 heteroatoms. The first-order chi connectivity index (χ1) is 15.0. The fourth-order valence-electron chi connectivity index (χ4n) is 3.73. The molecule has 0 saturated carbocycles. The van der Waals surface area contributed by atoms with Gasteiger partial charge in [0.2, 0.25) is 0 Å². The largest absolute Gasteiger partial charge is 0.481 e. The molecule has 0 spiro atoms. The van der Waals surface area contributed by atoms with Crippen LogP contribution < -0.4 is 10.6 Å². The summed E-state index contributed by atoms with van der Waals surface area (Å²) in [7, 11) is 0. The zero-order valence-electron chi connectivity index (χ0n) is 17.7.